The molecule has 1 atom stereocenters. The van der Waals surface area contributed by atoms with Crippen molar-refractivity contribution in [3.05, 3.63) is 41.3 Å². The average Bonchev–Trinajstić information content (AvgIpc) is 3.23. The molecule has 22 heavy (non-hydrogen) atoms. The number of methoxy groups -OCH3 is 1. The van der Waals surface area contributed by atoms with Gasteiger partial charge in [-0.1, -0.05) is 6.07 Å². The lowest BCUT2D eigenvalue weighted by molar-refractivity contribution is 0.0949. The van der Waals surface area contributed by atoms with E-state index in [9.17, 15) is 4.79 Å². The van der Waals surface area contributed by atoms with Gasteiger partial charge in [0.1, 0.15) is 0 Å². The van der Waals surface area contributed by atoms with Crippen LogP contribution in [0.2, 0.25) is 0 Å². The molecule has 2 aromatic rings. The molecule has 1 aliphatic rings. The first-order chi connectivity index (χ1) is 10.8. The van der Waals surface area contributed by atoms with E-state index in [4.69, 9.17) is 9.47 Å². The highest BCUT2D eigenvalue weighted by Gasteiger charge is 2.25. The zero-order valence-corrected chi connectivity index (χ0v) is 12.3. The van der Waals surface area contributed by atoms with Gasteiger partial charge in [0.05, 0.1) is 31.2 Å². The number of nitrogens with zero attached hydrogens (tertiary/aromatic N) is 2. The van der Waals surface area contributed by atoms with Gasteiger partial charge in [-0.15, -0.1) is 0 Å². The highest BCUT2D eigenvalue weighted by molar-refractivity contribution is 5.95. The highest BCUT2D eigenvalue weighted by atomic mass is 16.5. The summed E-state index contributed by atoms with van der Waals surface area (Å²) in [6.45, 7) is 1.76. The molecule has 1 amide bonds. The van der Waals surface area contributed by atoms with Crippen LogP contribution < -0.4 is 10.1 Å². The van der Waals surface area contributed by atoms with Crippen molar-refractivity contribution in [1.29, 1.82) is 0 Å². The third-order valence-electron chi connectivity index (χ3n) is 3.71. The molecule has 1 saturated heterocycles. The molecule has 0 radical (unpaired) electrons. The van der Waals surface area contributed by atoms with Gasteiger partial charge in [-0.3, -0.25) is 9.89 Å². The van der Waals surface area contributed by atoms with Crippen LogP contribution in [0.5, 0.6) is 5.88 Å². The van der Waals surface area contributed by atoms with Crippen molar-refractivity contribution in [1.82, 2.24) is 20.5 Å². The lowest BCUT2D eigenvalue weighted by atomic mass is 10.0. The number of carbonyl (C=O) groups is 1. The van der Waals surface area contributed by atoms with Crippen LogP contribution in [0.25, 0.3) is 0 Å². The lowest BCUT2D eigenvalue weighted by Gasteiger charge is -2.09. The molecule has 7 heteroatoms. The normalized spacial score (nSPS) is 17.4. The zero-order chi connectivity index (χ0) is 15.4. The van der Waals surface area contributed by atoms with Crippen LogP contribution in [0.3, 0.4) is 0 Å². The van der Waals surface area contributed by atoms with Crippen molar-refractivity contribution in [3.8, 4) is 5.88 Å². The number of rotatable bonds is 5. The Hall–Kier alpha value is -2.41. The second kappa shape index (κ2) is 6.57. The molecule has 0 unspecified atom stereocenters. The van der Waals surface area contributed by atoms with E-state index in [2.05, 4.69) is 20.5 Å². The lowest BCUT2D eigenvalue weighted by Crippen LogP contribution is -2.24. The SMILES string of the molecule is COc1ccc(CNC(=O)c2cn[nH]c2[C@H]2CCOC2)cn1. The monoisotopic (exact) mass is 302 g/mol. The Morgan fingerprint density at radius 2 is 2.41 bits per heavy atom. The molecule has 3 heterocycles. The molecule has 1 fully saturated rings. The predicted octanol–water partition coefficient (Wildman–Crippen LogP) is 1.25. The Kier molecular flexibility index (Phi) is 4.34. The maximum atomic E-state index is 12.3. The minimum absolute atomic E-state index is 0.147. The third kappa shape index (κ3) is 3.09. The summed E-state index contributed by atoms with van der Waals surface area (Å²) in [5.41, 5.74) is 2.34. The average molecular weight is 302 g/mol. The van der Waals surface area contributed by atoms with E-state index in [1.165, 1.54) is 0 Å². The fourth-order valence-corrected chi connectivity index (χ4v) is 2.46. The number of ether oxygens (including phenoxy) is 2. The van der Waals surface area contributed by atoms with E-state index < -0.39 is 0 Å². The number of aromatic nitrogens is 3. The Morgan fingerprint density at radius 1 is 1.50 bits per heavy atom. The number of hydrogen-bond acceptors (Lipinski definition) is 5. The number of H-pyrrole nitrogens is 1. The van der Waals surface area contributed by atoms with Crippen LogP contribution in [0.15, 0.2) is 24.5 Å². The molecule has 7 nitrogen and oxygen atoms in total. The van der Waals surface area contributed by atoms with Crippen LogP contribution in [0.1, 0.15) is 34.0 Å². The topological polar surface area (TPSA) is 89.1 Å². The van der Waals surface area contributed by atoms with Crippen molar-refractivity contribution in [2.75, 3.05) is 20.3 Å². The molecular formula is C15H18N4O3. The predicted molar refractivity (Wildman–Crippen MR) is 78.7 cm³/mol. The first-order valence-electron chi connectivity index (χ1n) is 7.16. The van der Waals surface area contributed by atoms with Crippen LogP contribution in [0.4, 0.5) is 0 Å². The largest absolute Gasteiger partial charge is 0.481 e. The van der Waals surface area contributed by atoms with Gasteiger partial charge in [-0.25, -0.2) is 4.98 Å². The summed E-state index contributed by atoms with van der Waals surface area (Å²) in [5, 5.41) is 9.80. The van der Waals surface area contributed by atoms with Gasteiger partial charge in [-0.05, 0) is 12.0 Å². The van der Waals surface area contributed by atoms with E-state index in [1.54, 1.807) is 25.6 Å². The van der Waals surface area contributed by atoms with Crippen molar-refractivity contribution in [3.63, 3.8) is 0 Å². The fourth-order valence-electron chi connectivity index (χ4n) is 2.46. The standard InChI is InChI=1S/C15H18N4O3/c1-21-13-3-2-10(6-16-13)7-17-15(20)12-8-18-19-14(12)11-4-5-22-9-11/h2-3,6,8,11H,4-5,7,9H2,1H3,(H,17,20)(H,18,19)/t11-/m0/s1. The van der Waals surface area contributed by atoms with Gasteiger partial charge in [0, 0.05) is 31.3 Å². The first kappa shape index (κ1) is 14.5. The summed E-state index contributed by atoms with van der Waals surface area (Å²) in [5.74, 6) is 0.616. The molecule has 0 saturated carbocycles. The number of hydrogen-bond donors (Lipinski definition) is 2. The molecule has 0 bridgehead atoms. The highest BCUT2D eigenvalue weighted by Crippen LogP contribution is 2.26. The van der Waals surface area contributed by atoms with Gasteiger partial charge in [0.25, 0.3) is 5.91 Å². The van der Waals surface area contributed by atoms with E-state index in [0.29, 0.717) is 24.6 Å². The maximum Gasteiger partial charge on any atom is 0.255 e. The van der Waals surface area contributed by atoms with Gasteiger partial charge in [-0.2, -0.15) is 5.10 Å². The van der Waals surface area contributed by atoms with Gasteiger partial charge >= 0.3 is 0 Å². The van der Waals surface area contributed by atoms with Crippen LogP contribution >= 0.6 is 0 Å². The first-order valence-corrected chi connectivity index (χ1v) is 7.16. The van der Waals surface area contributed by atoms with Gasteiger partial charge in [0.15, 0.2) is 0 Å². The number of amides is 1. The summed E-state index contributed by atoms with van der Waals surface area (Å²) in [6.07, 6.45) is 4.15. The van der Waals surface area contributed by atoms with Crippen LogP contribution in [-0.2, 0) is 11.3 Å². The summed E-state index contributed by atoms with van der Waals surface area (Å²) < 4.78 is 10.4. The number of aromatic amines is 1. The molecule has 1 aliphatic heterocycles. The number of nitrogens with one attached hydrogen (secondary N) is 2. The Labute approximate surface area is 128 Å². The minimum Gasteiger partial charge on any atom is -0.481 e. The van der Waals surface area contributed by atoms with Crippen LogP contribution in [-0.4, -0.2) is 41.4 Å². The van der Waals surface area contributed by atoms with Crippen molar-refractivity contribution >= 4 is 5.91 Å². The van der Waals surface area contributed by atoms with E-state index in [0.717, 1.165) is 24.3 Å². The molecule has 0 spiro atoms. The number of pyridine rings is 1. The molecule has 3 rings (SSSR count). The molecule has 2 aromatic heterocycles. The summed E-state index contributed by atoms with van der Waals surface area (Å²) >= 11 is 0. The molecular weight excluding hydrogens is 284 g/mol. The summed E-state index contributed by atoms with van der Waals surface area (Å²) in [4.78, 5) is 16.4. The second-order valence-corrected chi connectivity index (χ2v) is 5.15. The van der Waals surface area contributed by atoms with E-state index in [1.807, 2.05) is 6.07 Å². The quantitative estimate of drug-likeness (QED) is 0.867. The van der Waals surface area contributed by atoms with Crippen molar-refractivity contribution in [2.45, 2.75) is 18.9 Å². The third-order valence-corrected chi connectivity index (χ3v) is 3.71. The summed E-state index contributed by atoms with van der Waals surface area (Å²) in [7, 11) is 1.57. The Morgan fingerprint density at radius 3 is 3.09 bits per heavy atom. The fraction of sp³-hybridized carbons (Fsp3) is 0.400. The number of carbonyl (C=O) groups excluding carboxylic acids is 1. The minimum atomic E-state index is -0.147. The van der Waals surface area contributed by atoms with Gasteiger partial charge in [0.2, 0.25) is 5.88 Å². The summed E-state index contributed by atoms with van der Waals surface area (Å²) in [6, 6.07) is 3.63. The maximum absolute atomic E-state index is 12.3. The molecule has 116 valence electrons. The molecule has 0 aliphatic carbocycles. The van der Waals surface area contributed by atoms with E-state index >= 15 is 0 Å². The second-order valence-electron chi connectivity index (χ2n) is 5.15. The van der Waals surface area contributed by atoms with Gasteiger partial charge < -0.3 is 14.8 Å². The van der Waals surface area contributed by atoms with Crippen molar-refractivity contribution < 1.29 is 14.3 Å². The smallest absolute Gasteiger partial charge is 0.255 e. The van der Waals surface area contributed by atoms with E-state index in [-0.39, 0.29) is 11.8 Å². The van der Waals surface area contributed by atoms with Crippen molar-refractivity contribution in [2.24, 2.45) is 0 Å². The molecule has 2 N–H and O–H groups in total. The zero-order valence-electron chi connectivity index (χ0n) is 12.3. The Bertz CT molecular complexity index is 632. The molecule has 0 aromatic carbocycles. The van der Waals surface area contributed by atoms with Crippen LogP contribution in [0, 0.1) is 0 Å². The Balaban J connectivity index is 1.63.